The van der Waals surface area contributed by atoms with Crippen molar-refractivity contribution in [2.24, 2.45) is 0 Å². The summed E-state index contributed by atoms with van der Waals surface area (Å²) >= 11 is 0. The molecule has 2 heterocycles. The lowest BCUT2D eigenvalue weighted by atomic mass is 9.99. The molecule has 2 unspecified atom stereocenters. The molecule has 0 saturated carbocycles. The van der Waals surface area contributed by atoms with Gasteiger partial charge in [-0.2, -0.15) is 0 Å². The van der Waals surface area contributed by atoms with E-state index in [2.05, 4.69) is 16.7 Å². The number of methoxy groups -OCH3 is 2. The van der Waals surface area contributed by atoms with Gasteiger partial charge in [0.05, 0.1) is 25.3 Å². The van der Waals surface area contributed by atoms with Crippen LogP contribution in [0.2, 0.25) is 0 Å². The van der Waals surface area contributed by atoms with Crippen LogP contribution in [0.5, 0.6) is 11.5 Å². The first-order valence-corrected chi connectivity index (χ1v) is 11.8. The number of anilines is 2. The summed E-state index contributed by atoms with van der Waals surface area (Å²) in [5.41, 5.74) is 1.53. The Hall–Kier alpha value is -3.00. The van der Waals surface area contributed by atoms with Crippen LogP contribution >= 0.6 is 0 Å². The van der Waals surface area contributed by atoms with Gasteiger partial charge in [0, 0.05) is 56.9 Å². The molecule has 34 heavy (non-hydrogen) atoms. The average Bonchev–Trinajstić information content (AvgIpc) is 3.22. The summed E-state index contributed by atoms with van der Waals surface area (Å²) in [6.45, 7) is 3.45. The smallest absolute Gasteiger partial charge is 0.305 e. The summed E-state index contributed by atoms with van der Waals surface area (Å²) in [5.74, 6) is 0.365. The maximum atomic E-state index is 14.4. The van der Waals surface area contributed by atoms with Crippen LogP contribution in [0.15, 0.2) is 42.5 Å². The zero-order valence-electron chi connectivity index (χ0n) is 19.9. The van der Waals surface area contributed by atoms with Gasteiger partial charge in [-0.05, 0) is 49.7 Å². The number of carboxylic acids is 1. The molecule has 2 fully saturated rings. The molecule has 0 radical (unpaired) electrons. The maximum Gasteiger partial charge on any atom is 0.305 e. The molecule has 2 aromatic carbocycles. The van der Waals surface area contributed by atoms with E-state index in [-0.39, 0.29) is 36.5 Å². The molecule has 2 aliphatic rings. The molecule has 2 aromatic rings. The van der Waals surface area contributed by atoms with E-state index in [9.17, 15) is 14.3 Å². The molecule has 1 N–H and O–H groups in total. The molecule has 0 aliphatic carbocycles. The number of aliphatic carboxylic acids is 1. The molecule has 0 amide bonds. The Balaban J connectivity index is 1.38. The summed E-state index contributed by atoms with van der Waals surface area (Å²) in [6, 6.07) is 12.7. The molecular weight excluding hydrogens is 439 g/mol. The van der Waals surface area contributed by atoms with Crippen molar-refractivity contribution in [2.45, 2.75) is 56.9 Å². The molecule has 2 aliphatic heterocycles. The van der Waals surface area contributed by atoms with Gasteiger partial charge in [-0.25, -0.2) is 4.39 Å². The van der Waals surface area contributed by atoms with Crippen LogP contribution in [-0.4, -0.2) is 62.7 Å². The van der Waals surface area contributed by atoms with Gasteiger partial charge in [-0.1, -0.05) is 0 Å². The molecular formula is C26H33FN2O5. The van der Waals surface area contributed by atoms with E-state index in [0.29, 0.717) is 30.9 Å². The third-order valence-corrected chi connectivity index (χ3v) is 6.88. The Morgan fingerprint density at radius 3 is 2.44 bits per heavy atom. The number of hydrogen-bond donors (Lipinski definition) is 1. The lowest BCUT2D eigenvalue weighted by Gasteiger charge is -2.39. The third kappa shape index (κ3) is 5.38. The van der Waals surface area contributed by atoms with E-state index in [1.807, 2.05) is 24.3 Å². The van der Waals surface area contributed by atoms with E-state index >= 15 is 0 Å². The van der Waals surface area contributed by atoms with Crippen molar-refractivity contribution in [3.8, 4) is 11.5 Å². The number of carboxylic acid groups (broad SMARTS) is 1. The van der Waals surface area contributed by atoms with Gasteiger partial charge in [0.15, 0.2) is 0 Å². The van der Waals surface area contributed by atoms with Crippen molar-refractivity contribution >= 4 is 17.3 Å². The Bertz CT molecular complexity index is 986. The molecule has 7 nitrogen and oxygen atoms in total. The van der Waals surface area contributed by atoms with E-state index in [0.717, 1.165) is 24.3 Å². The number of rotatable bonds is 8. The van der Waals surface area contributed by atoms with E-state index < -0.39 is 5.97 Å². The second-order valence-corrected chi connectivity index (χ2v) is 9.12. The van der Waals surface area contributed by atoms with Crippen LogP contribution in [0.4, 0.5) is 15.8 Å². The highest BCUT2D eigenvalue weighted by atomic mass is 19.1. The first-order chi connectivity index (χ1) is 16.4. The fourth-order valence-electron chi connectivity index (χ4n) is 5.10. The SMILES string of the molecule is COc1ccc(F)c(N2CCC(Oc3ccc(N4C[C@H](OC)C[C@@H]4CC(=O)O)cc3)CC2C)c1. The quantitative estimate of drug-likeness (QED) is 0.613. The van der Waals surface area contributed by atoms with Crippen LogP contribution in [-0.2, 0) is 9.53 Å². The van der Waals surface area contributed by atoms with Gasteiger partial charge in [-0.15, -0.1) is 0 Å². The van der Waals surface area contributed by atoms with E-state index in [1.54, 1.807) is 26.4 Å². The number of hydrogen-bond acceptors (Lipinski definition) is 6. The fourth-order valence-corrected chi connectivity index (χ4v) is 5.10. The summed E-state index contributed by atoms with van der Waals surface area (Å²) in [5, 5.41) is 9.26. The van der Waals surface area contributed by atoms with Crippen LogP contribution in [0, 0.1) is 5.82 Å². The van der Waals surface area contributed by atoms with Crippen LogP contribution in [0.1, 0.15) is 32.6 Å². The highest BCUT2D eigenvalue weighted by Crippen LogP contribution is 2.33. The van der Waals surface area contributed by atoms with Gasteiger partial charge >= 0.3 is 5.97 Å². The Kier molecular flexibility index (Phi) is 7.46. The third-order valence-electron chi connectivity index (χ3n) is 6.88. The first kappa shape index (κ1) is 24.1. The predicted octanol–water partition coefficient (Wildman–Crippen LogP) is 4.34. The predicted molar refractivity (Wildman–Crippen MR) is 129 cm³/mol. The Morgan fingerprint density at radius 1 is 1.06 bits per heavy atom. The van der Waals surface area contributed by atoms with Crippen molar-refractivity contribution < 1.29 is 28.5 Å². The van der Waals surface area contributed by atoms with Gasteiger partial charge in [0.2, 0.25) is 0 Å². The molecule has 0 aromatic heterocycles. The number of nitrogens with zero attached hydrogens (tertiary/aromatic N) is 2. The summed E-state index contributed by atoms with van der Waals surface area (Å²) in [4.78, 5) is 15.5. The van der Waals surface area contributed by atoms with Crippen molar-refractivity contribution in [3.63, 3.8) is 0 Å². The molecule has 2 saturated heterocycles. The largest absolute Gasteiger partial charge is 0.497 e. The summed E-state index contributed by atoms with van der Waals surface area (Å²) in [7, 11) is 3.25. The van der Waals surface area contributed by atoms with Gasteiger partial charge < -0.3 is 29.1 Å². The monoisotopic (exact) mass is 472 g/mol. The van der Waals surface area contributed by atoms with Crippen molar-refractivity contribution in [1.29, 1.82) is 0 Å². The molecule has 4 atom stereocenters. The lowest BCUT2D eigenvalue weighted by Crippen LogP contribution is -2.44. The topological polar surface area (TPSA) is 71.5 Å². The normalized spacial score (nSPS) is 24.8. The highest BCUT2D eigenvalue weighted by molar-refractivity contribution is 5.69. The van der Waals surface area contributed by atoms with Crippen LogP contribution in [0.3, 0.4) is 0 Å². The first-order valence-electron chi connectivity index (χ1n) is 11.8. The number of halogens is 1. The zero-order chi connectivity index (χ0) is 24.2. The Morgan fingerprint density at radius 2 is 1.79 bits per heavy atom. The van der Waals surface area contributed by atoms with Crippen LogP contribution in [0.25, 0.3) is 0 Å². The van der Waals surface area contributed by atoms with E-state index in [1.165, 1.54) is 6.07 Å². The summed E-state index contributed by atoms with van der Waals surface area (Å²) < 4.78 is 31.4. The number of benzene rings is 2. The van der Waals surface area contributed by atoms with Crippen molar-refractivity contribution in [3.05, 3.63) is 48.3 Å². The second kappa shape index (κ2) is 10.5. The number of piperidine rings is 1. The van der Waals surface area contributed by atoms with Crippen molar-refractivity contribution in [1.82, 2.24) is 0 Å². The molecule has 0 bridgehead atoms. The average molecular weight is 473 g/mol. The minimum absolute atomic E-state index is 0.0290. The number of ether oxygens (including phenoxy) is 3. The van der Waals surface area contributed by atoms with Crippen molar-refractivity contribution in [2.75, 3.05) is 37.1 Å². The molecule has 8 heteroatoms. The Labute approximate surface area is 200 Å². The van der Waals surface area contributed by atoms with Gasteiger partial charge in [-0.3, -0.25) is 4.79 Å². The van der Waals surface area contributed by atoms with Crippen LogP contribution < -0.4 is 19.3 Å². The molecule has 0 spiro atoms. The molecule has 184 valence electrons. The van der Waals surface area contributed by atoms with E-state index in [4.69, 9.17) is 14.2 Å². The minimum atomic E-state index is -0.805. The number of carbonyl (C=O) groups is 1. The molecule has 4 rings (SSSR count). The maximum absolute atomic E-state index is 14.4. The summed E-state index contributed by atoms with van der Waals surface area (Å²) in [6.07, 6.45) is 2.41. The van der Waals surface area contributed by atoms with Gasteiger partial charge in [0.25, 0.3) is 0 Å². The minimum Gasteiger partial charge on any atom is -0.497 e. The fraction of sp³-hybridized carbons (Fsp3) is 0.500. The van der Waals surface area contributed by atoms with Gasteiger partial charge in [0.1, 0.15) is 23.4 Å². The highest BCUT2D eigenvalue weighted by Gasteiger charge is 2.34. The standard InChI is InChI=1S/C26H33FN2O5/c1-17-12-22(10-11-28(17)25-15-21(32-2)8-9-24(25)27)34-20-6-4-18(5-7-20)29-16-23(33-3)13-19(29)14-26(30)31/h4-9,15,17,19,22-23H,10-14,16H2,1-3H3,(H,30,31)/t17?,19-,22?,23-/m1/s1. The second-order valence-electron chi connectivity index (χ2n) is 9.12. The lowest BCUT2D eigenvalue weighted by molar-refractivity contribution is -0.137. The zero-order valence-corrected chi connectivity index (χ0v) is 19.9.